The number of aliphatic carboxylic acids is 1. The smallest absolute Gasteiger partial charge is 0.343 e. The van der Waals surface area contributed by atoms with Gasteiger partial charge in [0, 0.05) is 6.54 Å². The van der Waals surface area contributed by atoms with Gasteiger partial charge in [0.15, 0.2) is 0 Å². The number of carboxylic acid groups (broad SMARTS) is 1. The summed E-state index contributed by atoms with van der Waals surface area (Å²) in [5, 5.41) is 14.3. The number of carboxylic acids is 1. The van der Waals surface area contributed by atoms with Crippen molar-refractivity contribution >= 4 is 11.9 Å². The molecule has 0 fully saturated rings. The standard InChI is InChI=1S/C9H14N4O4/c1-2-3-12(5-8(15)16)7(14)4-13-6-10-11-9(13)17/h6H,2-5H2,1H3,(H,11,17)(H,15,16). The summed E-state index contributed by atoms with van der Waals surface area (Å²) in [6.45, 7) is 1.62. The Morgan fingerprint density at radius 3 is 2.76 bits per heavy atom. The fourth-order valence-corrected chi connectivity index (χ4v) is 1.35. The van der Waals surface area contributed by atoms with Crippen molar-refractivity contribution in [2.75, 3.05) is 13.1 Å². The van der Waals surface area contributed by atoms with Gasteiger partial charge in [-0.3, -0.25) is 14.2 Å². The summed E-state index contributed by atoms with van der Waals surface area (Å²) in [5.41, 5.74) is -0.495. The number of hydrogen-bond acceptors (Lipinski definition) is 4. The lowest BCUT2D eigenvalue weighted by molar-refractivity contribution is -0.144. The van der Waals surface area contributed by atoms with Gasteiger partial charge in [0.05, 0.1) is 0 Å². The van der Waals surface area contributed by atoms with Crippen LogP contribution in [-0.4, -0.2) is 49.7 Å². The average molecular weight is 242 g/mol. The maximum absolute atomic E-state index is 11.7. The fourth-order valence-electron chi connectivity index (χ4n) is 1.35. The number of nitrogens with zero attached hydrogens (tertiary/aromatic N) is 3. The molecule has 94 valence electrons. The van der Waals surface area contributed by atoms with Crippen molar-refractivity contribution in [3.8, 4) is 0 Å². The maximum Gasteiger partial charge on any atom is 0.343 e. The molecule has 8 nitrogen and oxygen atoms in total. The Kier molecular flexibility index (Phi) is 4.44. The first-order valence-corrected chi connectivity index (χ1v) is 5.14. The molecule has 0 bridgehead atoms. The van der Waals surface area contributed by atoms with E-state index in [1.165, 1.54) is 11.2 Å². The van der Waals surface area contributed by atoms with Crippen LogP contribution < -0.4 is 5.69 Å². The number of aromatic amines is 1. The van der Waals surface area contributed by atoms with Crippen molar-refractivity contribution in [3.05, 3.63) is 16.8 Å². The lowest BCUT2D eigenvalue weighted by atomic mass is 10.3. The topological polar surface area (TPSA) is 108 Å². The van der Waals surface area contributed by atoms with E-state index < -0.39 is 17.6 Å². The Balaban J connectivity index is 2.68. The summed E-state index contributed by atoms with van der Waals surface area (Å²) >= 11 is 0. The van der Waals surface area contributed by atoms with Crippen molar-refractivity contribution in [1.29, 1.82) is 0 Å². The van der Waals surface area contributed by atoms with E-state index in [4.69, 9.17) is 5.11 Å². The molecular formula is C9H14N4O4. The predicted octanol–water partition coefficient (Wildman–Crippen LogP) is -1.11. The van der Waals surface area contributed by atoms with Crippen LogP contribution in [0.4, 0.5) is 0 Å². The summed E-state index contributed by atoms with van der Waals surface area (Å²) in [5.74, 6) is -1.50. The lowest BCUT2D eigenvalue weighted by Gasteiger charge is -2.19. The van der Waals surface area contributed by atoms with E-state index in [0.717, 1.165) is 4.57 Å². The van der Waals surface area contributed by atoms with Crippen molar-refractivity contribution in [3.63, 3.8) is 0 Å². The first kappa shape index (κ1) is 12.9. The molecule has 0 unspecified atom stereocenters. The van der Waals surface area contributed by atoms with E-state index in [1.54, 1.807) is 0 Å². The molecule has 0 aliphatic carbocycles. The Bertz CT molecular complexity index is 450. The molecule has 1 aromatic rings. The normalized spacial score (nSPS) is 10.2. The minimum absolute atomic E-state index is 0.206. The van der Waals surface area contributed by atoms with Gasteiger partial charge >= 0.3 is 11.7 Å². The van der Waals surface area contributed by atoms with E-state index in [1.807, 2.05) is 6.92 Å². The van der Waals surface area contributed by atoms with Gasteiger partial charge in [0.2, 0.25) is 5.91 Å². The van der Waals surface area contributed by atoms with Crippen LogP contribution in [0.2, 0.25) is 0 Å². The van der Waals surface area contributed by atoms with Gasteiger partial charge < -0.3 is 10.0 Å². The number of hydrogen-bond donors (Lipinski definition) is 2. The maximum atomic E-state index is 11.7. The number of amides is 1. The number of H-pyrrole nitrogens is 1. The molecule has 1 amide bonds. The number of nitrogens with one attached hydrogen (secondary N) is 1. The summed E-state index contributed by atoms with van der Waals surface area (Å²) in [7, 11) is 0. The molecule has 0 atom stereocenters. The third-order valence-electron chi connectivity index (χ3n) is 2.10. The number of carbonyl (C=O) groups excluding carboxylic acids is 1. The van der Waals surface area contributed by atoms with Crippen LogP contribution in [0.5, 0.6) is 0 Å². The Labute approximate surface area is 96.9 Å². The molecular weight excluding hydrogens is 228 g/mol. The molecule has 1 rings (SSSR count). The van der Waals surface area contributed by atoms with Crippen LogP contribution in [-0.2, 0) is 16.1 Å². The number of aromatic nitrogens is 3. The molecule has 0 aliphatic heterocycles. The SMILES string of the molecule is CCCN(CC(=O)O)C(=O)Cn1cn[nH]c1=O. The number of rotatable bonds is 6. The first-order valence-electron chi connectivity index (χ1n) is 5.14. The molecule has 2 N–H and O–H groups in total. The molecule has 17 heavy (non-hydrogen) atoms. The highest BCUT2D eigenvalue weighted by Crippen LogP contribution is 1.95. The molecule has 1 aromatic heterocycles. The summed E-state index contributed by atoms with van der Waals surface area (Å²) < 4.78 is 1.09. The van der Waals surface area contributed by atoms with Crippen LogP contribution >= 0.6 is 0 Å². The molecule has 0 radical (unpaired) electrons. The van der Waals surface area contributed by atoms with Crippen LogP contribution in [0.1, 0.15) is 13.3 Å². The second-order valence-corrected chi connectivity index (χ2v) is 3.50. The summed E-state index contributed by atoms with van der Waals surface area (Å²) in [6, 6.07) is 0. The van der Waals surface area contributed by atoms with Gasteiger partial charge in [-0.2, -0.15) is 5.10 Å². The summed E-state index contributed by atoms with van der Waals surface area (Å²) in [6.07, 6.45) is 1.85. The zero-order valence-corrected chi connectivity index (χ0v) is 9.42. The van der Waals surface area contributed by atoms with Gasteiger partial charge in [0.1, 0.15) is 19.4 Å². The molecule has 0 saturated heterocycles. The van der Waals surface area contributed by atoms with E-state index >= 15 is 0 Å². The average Bonchev–Trinajstić information content (AvgIpc) is 2.63. The lowest BCUT2D eigenvalue weighted by Crippen LogP contribution is -2.39. The second-order valence-electron chi connectivity index (χ2n) is 3.50. The Morgan fingerprint density at radius 1 is 1.59 bits per heavy atom. The third kappa shape index (κ3) is 3.74. The van der Waals surface area contributed by atoms with Gasteiger partial charge in [0.25, 0.3) is 0 Å². The van der Waals surface area contributed by atoms with E-state index in [2.05, 4.69) is 10.2 Å². The summed E-state index contributed by atoms with van der Waals surface area (Å²) in [4.78, 5) is 34.6. The highest BCUT2D eigenvalue weighted by atomic mass is 16.4. The van der Waals surface area contributed by atoms with Crippen molar-refractivity contribution < 1.29 is 14.7 Å². The molecule has 0 aliphatic rings. The molecule has 1 heterocycles. The second kappa shape index (κ2) is 5.83. The highest BCUT2D eigenvalue weighted by molar-refractivity contribution is 5.81. The highest BCUT2D eigenvalue weighted by Gasteiger charge is 2.16. The van der Waals surface area contributed by atoms with Crippen LogP contribution in [0, 0.1) is 0 Å². The van der Waals surface area contributed by atoms with Crippen molar-refractivity contribution in [2.45, 2.75) is 19.9 Å². The van der Waals surface area contributed by atoms with Crippen LogP contribution in [0.15, 0.2) is 11.1 Å². The Morgan fingerprint density at radius 2 is 2.29 bits per heavy atom. The monoisotopic (exact) mass is 242 g/mol. The molecule has 0 saturated carbocycles. The van der Waals surface area contributed by atoms with Gasteiger partial charge in [-0.25, -0.2) is 9.89 Å². The largest absolute Gasteiger partial charge is 0.480 e. The first-order chi connectivity index (χ1) is 8.04. The minimum Gasteiger partial charge on any atom is -0.480 e. The number of carbonyl (C=O) groups is 2. The zero-order chi connectivity index (χ0) is 12.8. The fraction of sp³-hybridized carbons (Fsp3) is 0.556. The van der Waals surface area contributed by atoms with Gasteiger partial charge in [-0.1, -0.05) is 6.92 Å². The Hall–Kier alpha value is -2.12. The van der Waals surface area contributed by atoms with E-state index in [0.29, 0.717) is 13.0 Å². The van der Waals surface area contributed by atoms with E-state index in [-0.39, 0.29) is 13.1 Å². The molecule has 0 spiro atoms. The molecule has 0 aromatic carbocycles. The van der Waals surface area contributed by atoms with Crippen LogP contribution in [0.3, 0.4) is 0 Å². The minimum atomic E-state index is -1.08. The third-order valence-corrected chi connectivity index (χ3v) is 2.10. The van der Waals surface area contributed by atoms with Gasteiger partial charge in [-0.15, -0.1) is 0 Å². The predicted molar refractivity (Wildman–Crippen MR) is 57.4 cm³/mol. The molecule has 8 heteroatoms. The van der Waals surface area contributed by atoms with Crippen molar-refractivity contribution in [2.24, 2.45) is 0 Å². The van der Waals surface area contributed by atoms with Crippen molar-refractivity contribution in [1.82, 2.24) is 19.7 Å². The van der Waals surface area contributed by atoms with E-state index in [9.17, 15) is 14.4 Å². The van der Waals surface area contributed by atoms with Gasteiger partial charge in [-0.05, 0) is 6.42 Å². The quantitative estimate of drug-likeness (QED) is 0.657. The zero-order valence-electron chi connectivity index (χ0n) is 9.42. The van der Waals surface area contributed by atoms with Crippen LogP contribution in [0.25, 0.3) is 0 Å².